The molecule has 0 bridgehead atoms. The zero-order chi connectivity index (χ0) is 18.6. The second kappa shape index (κ2) is 8.08. The molecule has 1 N–H and O–H groups in total. The zero-order valence-electron chi connectivity index (χ0n) is 16.3. The minimum atomic E-state index is -2.51. The van der Waals surface area contributed by atoms with E-state index in [0.29, 0.717) is 0 Å². The van der Waals surface area contributed by atoms with Gasteiger partial charge in [0, 0.05) is 12.5 Å². The van der Waals surface area contributed by atoms with Crippen molar-refractivity contribution in [3.63, 3.8) is 0 Å². The van der Waals surface area contributed by atoms with Crippen molar-refractivity contribution in [2.45, 2.75) is 57.6 Å². The van der Waals surface area contributed by atoms with Gasteiger partial charge < -0.3 is 9.53 Å². The molecule has 0 aliphatic heterocycles. The molecule has 1 saturated carbocycles. The van der Waals surface area contributed by atoms with E-state index < -0.39 is 8.32 Å². The van der Waals surface area contributed by atoms with E-state index in [1.807, 2.05) is 0 Å². The van der Waals surface area contributed by atoms with Crippen LogP contribution in [-0.4, -0.2) is 26.1 Å². The summed E-state index contributed by atoms with van der Waals surface area (Å²) in [6, 6.07) is 21.6. The number of hydrogen-bond donors (Lipinski definition) is 1. The van der Waals surface area contributed by atoms with Crippen molar-refractivity contribution in [3.05, 3.63) is 60.7 Å². The fraction of sp³-hybridized carbons (Fsp3) is 0.478. The maximum Gasteiger partial charge on any atom is 0.261 e. The van der Waals surface area contributed by atoms with Gasteiger partial charge in [0.15, 0.2) is 0 Å². The Hall–Kier alpha value is -1.42. The minimum absolute atomic E-state index is 0.00679. The van der Waals surface area contributed by atoms with Crippen LogP contribution in [0.4, 0.5) is 0 Å². The Morgan fingerprint density at radius 3 is 1.85 bits per heavy atom. The molecule has 3 heteroatoms. The summed E-state index contributed by atoms with van der Waals surface area (Å²) in [4.78, 5) is 0. The smallest absolute Gasteiger partial charge is 0.261 e. The largest absolute Gasteiger partial charge is 0.404 e. The van der Waals surface area contributed by atoms with Crippen LogP contribution in [0.25, 0.3) is 0 Å². The number of aliphatic hydroxyl groups excluding tert-OH is 1. The van der Waals surface area contributed by atoms with Crippen LogP contribution in [0.15, 0.2) is 60.7 Å². The standard InChI is InChI=1S/C23H32O2Si/c1-23(2,3)26(20-13-6-4-7-14-20,21-15-8-5-9-16-21)25-22-17-11-10-12-19(22)18-24/h4-9,13-16,19,22,24H,10-12,17-18H2,1-3H3. The monoisotopic (exact) mass is 368 g/mol. The minimum Gasteiger partial charge on any atom is -0.404 e. The maximum atomic E-state index is 9.94. The van der Waals surface area contributed by atoms with E-state index in [-0.39, 0.29) is 23.7 Å². The highest BCUT2D eigenvalue weighted by Gasteiger charge is 2.52. The molecule has 140 valence electrons. The molecule has 0 heterocycles. The van der Waals surface area contributed by atoms with E-state index in [1.165, 1.54) is 23.2 Å². The summed E-state index contributed by atoms with van der Waals surface area (Å²) in [6.07, 6.45) is 4.65. The van der Waals surface area contributed by atoms with Crippen molar-refractivity contribution in [3.8, 4) is 0 Å². The van der Waals surface area contributed by atoms with E-state index in [2.05, 4.69) is 81.4 Å². The molecule has 3 rings (SSSR count). The van der Waals surface area contributed by atoms with Crippen LogP contribution in [0.2, 0.25) is 5.04 Å². The first-order chi connectivity index (χ1) is 12.5. The first kappa shape index (κ1) is 19.3. The molecule has 0 radical (unpaired) electrons. The van der Waals surface area contributed by atoms with Gasteiger partial charge in [0.25, 0.3) is 8.32 Å². The third-order valence-corrected chi connectivity index (χ3v) is 10.9. The van der Waals surface area contributed by atoms with E-state index >= 15 is 0 Å². The average molecular weight is 369 g/mol. The van der Waals surface area contributed by atoms with E-state index in [1.54, 1.807) is 0 Å². The highest BCUT2D eigenvalue weighted by Crippen LogP contribution is 2.40. The van der Waals surface area contributed by atoms with Crippen molar-refractivity contribution in [2.24, 2.45) is 5.92 Å². The summed E-state index contributed by atoms with van der Waals surface area (Å²) >= 11 is 0. The predicted molar refractivity (Wildman–Crippen MR) is 112 cm³/mol. The van der Waals surface area contributed by atoms with Crippen LogP contribution in [0.5, 0.6) is 0 Å². The summed E-state index contributed by atoms with van der Waals surface area (Å²) in [6.45, 7) is 7.17. The summed E-state index contributed by atoms with van der Waals surface area (Å²) in [5.41, 5.74) is 0. The Bertz CT molecular complexity index is 639. The number of hydrogen-bond acceptors (Lipinski definition) is 2. The van der Waals surface area contributed by atoms with Crippen LogP contribution in [0, 0.1) is 5.92 Å². The molecule has 2 nitrogen and oxygen atoms in total. The van der Waals surface area contributed by atoms with E-state index in [9.17, 15) is 5.11 Å². The van der Waals surface area contributed by atoms with Gasteiger partial charge in [-0.15, -0.1) is 0 Å². The molecule has 2 aromatic carbocycles. The first-order valence-electron chi connectivity index (χ1n) is 9.89. The van der Waals surface area contributed by atoms with Gasteiger partial charge in [-0.2, -0.15) is 0 Å². The highest BCUT2D eigenvalue weighted by molar-refractivity contribution is 6.99. The topological polar surface area (TPSA) is 29.5 Å². The third-order valence-electron chi connectivity index (χ3n) is 5.82. The van der Waals surface area contributed by atoms with Gasteiger partial charge >= 0.3 is 0 Å². The third kappa shape index (κ3) is 3.66. The van der Waals surface area contributed by atoms with E-state index in [4.69, 9.17) is 4.43 Å². The predicted octanol–water partition coefficient (Wildman–Crippen LogP) is 4.11. The molecule has 0 amide bonds. The fourth-order valence-corrected chi connectivity index (χ4v) is 9.24. The molecule has 1 fully saturated rings. The van der Waals surface area contributed by atoms with Gasteiger partial charge in [-0.05, 0) is 28.3 Å². The lowest BCUT2D eigenvalue weighted by Crippen LogP contribution is -2.68. The Kier molecular flexibility index (Phi) is 6.01. The van der Waals surface area contributed by atoms with Crippen molar-refractivity contribution in [1.29, 1.82) is 0 Å². The Labute approximate surface area is 159 Å². The molecule has 1 aliphatic rings. The average Bonchev–Trinajstić information content (AvgIpc) is 2.67. The van der Waals surface area contributed by atoms with Crippen LogP contribution < -0.4 is 10.4 Å². The summed E-state index contributed by atoms with van der Waals surface area (Å²) in [7, 11) is -2.51. The molecular formula is C23H32O2Si. The van der Waals surface area contributed by atoms with E-state index in [0.717, 1.165) is 12.8 Å². The molecule has 2 aromatic rings. The van der Waals surface area contributed by atoms with Gasteiger partial charge in [-0.1, -0.05) is 94.3 Å². The summed E-state index contributed by atoms with van der Waals surface area (Å²) < 4.78 is 7.20. The Balaban J connectivity index is 2.14. The van der Waals surface area contributed by atoms with Gasteiger partial charge in [-0.25, -0.2) is 0 Å². The number of aliphatic hydroxyl groups is 1. The zero-order valence-corrected chi connectivity index (χ0v) is 17.3. The molecule has 1 aliphatic carbocycles. The highest BCUT2D eigenvalue weighted by atomic mass is 28.4. The summed E-state index contributed by atoms with van der Waals surface area (Å²) in [5, 5.41) is 12.6. The Morgan fingerprint density at radius 1 is 0.885 bits per heavy atom. The van der Waals surface area contributed by atoms with Crippen molar-refractivity contribution >= 4 is 18.7 Å². The van der Waals surface area contributed by atoms with Gasteiger partial charge in [0.05, 0.1) is 6.10 Å². The van der Waals surface area contributed by atoms with Crippen LogP contribution in [0.1, 0.15) is 46.5 Å². The molecule has 0 saturated heterocycles. The lowest BCUT2D eigenvalue weighted by Gasteiger charge is -2.47. The number of rotatable bonds is 5. The quantitative estimate of drug-likeness (QED) is 0.805. The molecule has 26 heavy (non-hydrogen) atoms. The second-order valence-electron chi connectivity index (χ2n) is 8.55. The number of benzene rings is 2. The lowest BCUT2D eigenvalue weighted by molar-refractivity contribution is 0.0469. The van der Waals surface area contributed by atoms with Crippen LogP contribution in [-0.2, 0) is 4.43 Å². The first-order valence-corrected chi connectivity index (χ1v) is 11.8. The van der Waals surface area contributed by atoms with Crippen molar-refractivity contribution < 1.29 is 9.53 Å². The SMILES string of the molecule is CC(C)(C)[Si](OC1CCCCC1CO)(c1ccccc1)c1ccccc1. The van der Waals surface area contributed by atoms with Gasteiger partial charge in [0.1, 0.15) is 0 Å². The Morgan fingerprint density at radius 2 is 1.38 bits per heavy atom. The van der Waals surface area contributed by atoms with Crippen LogP contribution >= 0.6 is 0 Å². The summed E-state index contributed by atoms with van der Waals surface area (Å²) in [5.74, 6) is 0.255. The van der Waals surface area contributed by atoms with Gasteiger partial charge in [0.2, 0.25) is 0 Å². The van der Waals surface area contributed by atoms with Crippen molar-refractivity contribution in [1.82, 2.24) is 0 Å². The van der Waals surface area contributed by atoms with Gasteiger partial charge in [-0.3, -0.25) is 0 Å². The second-order valence-corrected chi connectivity index (χ2v) is 12.8. The molecule has 0 aromatic heterocycles. The molecule has 2 unspecified atom stereocenters. The molecular weight excluding hydrogens is 336 g/mol. The van der Waals surface area contributed by atoms with Crippen LogP contribution in [0.3, 0.4) is 0 Å². The fourth-order valence-electron chi connectivity index (χ4n) is 4.46. The molecule has 2 atom stereocenters. The molecule has 0 spiro atoms. The maximum absolute atomic E-state index is 9.94. The lowest BCUT2D eigenvalue weighted by atomic mass is 9.87. The normalized spacial score (nSPS) is 21.5. The van der Waals surface area contributed by atoms with Crippen molar-refractivity contribution in [2.75, 3.05) is 6.61 Å².